The summed E-state index contributed by atoms with van der Waals surface area (Å²) in [5.41, 5.74) is 1.60. The molecule has 9 heteroatoms. The van der Waals surface area contributed by atoms with E-state index in [0.717, 1.165) is 0 Å². The maximum Gasteiger partial charge on any atom is 0.264 e. The fourth-order valence-electron chi connectivity index (χ4n) is 2.24. The van der Waals surface area contributed by atoms with Crippen LogP contribution in [0.1, 0.15) is 16.1 Å². The van der Waals surface area contributed by atoms with Crippen molar-refractivity contribution < 1.29 is 13.2 Å². The number of halogens is 1. The number of hydrogen-bond acceptors (Lipinski definition) is 5. The van der Waals surface area contributed by atoms with E-state index >= 15 is 0 Å². The number of carbonyl (C=O) groups is 1. The molecule has 2 N–H and O–H groups in total. The SMILES string of the molecule is Cc1ccnc(NS(=O)(=O)c2ccc(NC(=O)c3ccccc3Br)cc2)n1. The van der Waals surface area contributed by atoms with Crippen LogP contribution in [0.5, 0.6) is 0 Å². The second kappa shape index (κ2) is 7.85. The number of anilines is 2. The average Bonchev–Trinajstić information content (AvgIpc) is 2.62. The highest BCUT2D eigenvalue weighted by Gasteiger charge is 2.16. The molecular weight excluding hydrogens is 432 g/mol. The molecule has 0 aliphatic heterocycles. The highest BCUT2D eigenvalue weighted by molar-refractivity contribution is 9.10. The molecule has 0 atom stereocenters. The zero-order chi connectivity index (χ0) is 19.4. The molecular formula is C18H15BrN4O3S. The molecule has 0 saturated carbocycles. The van der Waals surface area contributed by atoms with E-state index in [4.69, 9.17) is 0 Å². The van der Waals surface area contributed by atoms with Gasteiger partial charge in [-0.2, -0.15) is 0 Å². The van der Waals surface area contributed by atoms with E-state index in [-0.39, 0.29) is 16.8 Å². The Morgan fingerprint density at radius 2 is 1.74 bits per heavy atom. The van der Waals surface area contributed by atoms with Crippen LogP contribution in [0.2, 0.25) is 0 Å². The summed E-state index contributed by atoms with van der Waals surface area (Å²) in [4.78, 5) is 20.2. The molecule has 1 amide bonds. The zero-order valence-corrected chi connectivity index (χ0v) is 16.6. The van der Waals surface area contributed by atoms with Crippen LogP contribution < -0.4 is 10.0 Å². The molecule has 0 spiro atoms. The van der Waals surface area contributed by atoms with Gasteiger partial charge in [-0.3, -0.25) is 4.79 Å². The Labute approximate surface area is 165 Å². The fourth-order valence-corrected chi connectivity index (χ4v) is 3.65. The number of benzene rings is 2. The molecule has 0 bridgehead atoms. The van der Waals surface area contributed by atoms with Crippen molar-refractivity contribution in [2.45, 2.75) is 11.8 Å². The van der Waals surface area contributed by atoms with Crippen molar-refractivity contribution in [3.63, 3.8) is 0 Å². The van der Waals surface area contributed by atoms with Gasteiger partial charge < -0.3 is 5.32 Å². The summed E-state index contributed by atoms with van der Waals surface area (Å²) in [6.07, 6.45) is 1.47. The van der Waals surface area contributed by atoms with E-state index in [9.17, 15) is 13.2 Å². The summed E-state index contributed by atoms with van der Waals surface area (Å²) >= 11 is 3.32. The lowest BCUT2D eigenvalue weighted by Gasteiger charge is -2.09. The van der Waals surface area contributed by atoms with Gasteiger partial charge in [-0.05, 0) is 65.3 Å². The van der Waals surface area contributed by atoms with Gasteiger partial charge in [-0.25, -0.2) is 23.1 Å². The Morgan fingerprint density at radius 3 is 2.41 bits per heavy atom. The first-order chi connectivity index (χ1) is 12.8. The first-order valence-corrected chi connectivity index (χ1v) is 10.1. The Hall–Kier alpha value is -2.78. The smallest absolute Gasteiger partial charge is 0.264 e. The maximum atomic E-state index is 12.4. The minimum Gasteiger partial charge on any atom is -0.322 e. The summed E-state index contributed by atoms with van der Waals surface area (Å²) in [6.45, 7) is 1.74. The van der Waals surface area contributed by atoms with Crippen LogP contribution >= 0.6 is 15.9 Å². The molecule has 27 heavy (non-hydrogen) atoms. The van der Waals surface area contributed by atoms with Crippen LogP contribution in [0, 0.1) is 6.92 Å². The molecule has 0 unspecified atom stereocenters. The van der Waals surface area contributed by atoms with Crippen LogP contribution in [-0.4, -0.2) is 24.3 Å². The lowest BCUT2D eigenvalue weighted by Crippen LogP contribution is -2.16. The van der Waals surface area contributed by atoms with E-state index in [1.165, 1.54) is 30.5 Å². The summed E-state index contributed by atoms with van der Waals surface area (Å²) < 4.78 is 27.9. The Morgan fingerprint density at radius 1 is 1.04 bits per heavy atom. The van der Waals surface area contributed by atoms with Crippen LogP contribution in [0.4, 0.5) is 11.6 Å². The van der Waals surface area contributed by atoms with Crippen LogP contribution in [0.25, 0.3) is 0 Å². The highest BCUT2D eigenvalue weighted by Crippen LogP contribution is 2.20. The summed E-state index contributed by atoms with van der Waals surface area (Å²) in [7, 11) is -3.83. The molecule has 1 heterocycles. The average molecular weight is 447 g/mol. The van der Waals surface area contributed by atoms with E-state index < -0.39 is 10.0 Å². The van der Waals surface area contributed by atoms with E-state index in [1.807, 2.05) is 6.07 Å². The van der Waals surface area contributed by atoms with Gasteiger partial charge in [0.2, 0.25) is 5.95 Å². The monoisotopic (exact) mass is 446 g/mol. The third-order valence-electron chi connectivity index (χ3n) is 3.56. The molecule has 0 radical (unpaired) electrons. The molecule has 3 aromatic rings. The largest absolute Gasteiger partial charge is 0.322 e. The quantitative estimate of drug-likeness (QED) is 0.623. The highest BCUT2D eigenvalue weighted by atomic mass is 79.9. The van der Waals surface area contributed by atoms with Crippen molar-refractivity contribution >= 4 is 43.5 Å². The van der Waals surface area contributed by atoms with E-state index in [0.29, 0.717) is 21.4 Å². The number of aromatic nitrogens is 2. The summed E-state index contributed by atoms with van der Waals surface area (Å²) in [5.74, 6) is -0.300. The number of carbonyl (C=O) groups excluding carboxylic acids is 1. The van der Waals surface area contributed by atoms with Crippen molar-refractivity contribution in [2.75, 3.05) is 10.0 Å². The number of hydrogen-bond donors (Lipinski definition) is 2. The van der Waals surface area contributed by atoms with Gasteiger partial charge in [-0.1, -0.05) is 12.1 Å². The zero-order valence-electron chi connectivity index (χ0n) is 14.2. The maximum absolute atomic E-state index is 12.4. The Kier molecular flexibility index (Phi) is 5.52. The lowest BCUT2D eigenvalue weighted by molar-refractivity contribution is 0.102. The predicted molar refractivity (Wildman–Crippen MR) is 106 cm³/mol. The number of nitrogens with zero attached hydrogens (tertiary/aromatic N) is 2. The fraction of sp³-hybridized carbons (Fsp3) is 0.0556. The third-order valence-corrected chi connectivity index (χ3v) is 5.60. The van der Waals surface area contributed by atoms with E-state index in [1.54, 1.807) is 31.2 Å². The summed E-state index contributed by atoms with van der Waals surface area (Å²) in [5, 5.41) is 2.73. The van der Waals surface area contributed by atoms with E-state index in [2.05, 4.69) is 35.9 Å². The van der Waals surface area contributed by atoms with Gasteiger partial charge in [0, 0.05) is 22.1 Å². The predicted octanol–water partition coefficient (Wildman–Crippen LogP) is 3.60. The third kappa shape index (κ3) is 4.69. The molecule has 1 aromatic heterocycles. The number of aryl methyl sites for hydroxylation is 1. The van der Waals surface area contributed by atoms with Crippen molar-refractivity contribution in [3.8, 4) is 0 Å². The minimum atomic E-state index is -3.83. The molecule has 0 saturated heterocycles. The van der Waals surface area contributed by atoms with Gasteiger partial charge in [0.25, 0.3) is 15.9 Å². The summed E-state index contributed by atoms with van der Waals surface area (Å²) in [6, 6.07) is 14.5. The van der Waals surface area contributed by atoms with Gasteiger partial charge >= 0.3 is 0 Å². The number of nitrogens with one attached hydrogen (secondary N) is 2. The lowest BCUT2D eigenvalue weighted by atomic mass is 10.2. The van der Waals surface area contributed by atoms with Crippen molar-refractivity contribution in [2.24, 2.45) is 0 Å². The van der Waals surface area contributed by atoms with Crippen molar-refractivity contribution in [1.82, 2.24) is 9.97 Å². The molecule has 3 rings (SSSR count). The molecule has 0 fully saturated rings. The first-order valence-electron chi connectivity index (χ1n) is 7.83. The standard InChI is InChI=1S/C18H15BrN4O3S/c1-12-10-11-20-18(21-12)23-27(25,26)14-8-6-13(7-9-14)22-17(24)15-4-2-3-5-16(15)19/h2-11H,1H3,(H,22,24)(H,20,21,23). The Balaban J connectivity index is 1.75. The van der Waals surface area contributed by atoms with Crippen LogP contribution in [0.3, 0.4) is 0 Å². The van der Waals surface area contributed by atoms with Gasteiger partial charge in [0.15, 0.2) is 0 Å². The second-order valence-corrected chi connectivity index (χ2v) is 8.12. The van der Waals surface area contributed by atoms with Gasteiger partial charge in [-0.15, -0.1) is 0 Å². The Bertz CT molecular complexity index is 1090. The topological polar surface area (TPSA) is 101 Å². The van der Waals surface area contributed by atoms with Gasteiger partial charge in [0.05, 0.1) is 10.5 Å². The minimum absolute atomic E-state index is 0.00121. The number of sulfonamides is 1. The molecule has 0 aliphatic carbocycles. The molecule has 138 valence electrons. The van der Waals surface area contributed by atoms with Gasteiger partial charge in [0.1, 0.15) is 0 Å². The van der Waals surface area contributed by atoms with Crippen LogP contribution in [0.15, 0.2) is 70.2 Å². The van der Waals surface area contributed by atoms with Crippen molar-refractivity contribution in [1.29, 1.82) is 0 Å². The number of rotatable bonds is 5. The van der Waals surface area contributed by atoms with Crippen LogP contribution in [-0.2, 0) is 10.0 Å². The normalized spacial score (nSPS) is 11.0. The molecule has 7 nitrogen and oxygen atoms in total. The van der Waals surface area contributed by atoms with Crippen molar-refractivity contribution in [3.05, 3.63) is 76.5 Å². The number of amides is 1. The second-order valence-electron chi connectivity index (χ2n) is 5.59. The first kappa shape index (κ1) is 19.0. The molecule has 2 aromatic carbocycles. The molecule has 0 aliphatic rings.